The zero-order valence-electron chi connectivity index (χ0n) is 10.5. The van der Waals surface area contributed by atoms with Crippen LogP contribution in [0.4, 0.5) is 4.39 Å². The van der Waals surface area contributed by atoms with Gasteiger partial charge < -0.3 is 10.3 Å². The summed E-state index contributed by atoms with van der Waals surface area (Å²) < 4.78 is 14.7. The fraction of sp³-hybridized carbons (Fsp3) is 0.357. The largest absolute Gasteiger partial charge is 0.326 e. The first-order chi connectivity index (χ1) is 9.24. The fourth-order valence-electron chi connectivity index (χ4n) is 2.54. The lowest BCUT2D eigenvalue weighted by atomic mass is 10.1. The number of piperidine rings is 1. The van der Waals surface area contributed by atoms with Gasteiger partial charge in [-0.25, -0.2) is 9.18 Å². The van der Waals surface area contributed by atoms with Crippen molar-refractivity contribution in [3.63, 3.8) is 0 Å². The van der Waals surface area contributed by atoms with Gasteiger partial charge >= 0.3 is 5.69 Å². The van der Waals surface area contributed by atoms with Gasteiger partial charge in [-0.15, -0.1) is 0 Å². The average Bonchev–Trinajstić information content (AvgIpc) is 2.83. The molecule has 1 aromatic heterocycles. The molecule has 0 atom stereocenters. The molecule has 3 rings (SSSR count). The lowest BCUT2D eigenvalue weighted by Gasteiger charge is -2.22. The Morgan fingerprint density at radius 1 is 1.16 bits per heavy atom. The van der Waals surface area contributed by atoms with Crippen LogP contribution in [-0.4, -0.2) is 22.6 Å². The van der Waals surface area contributed by atoms with Gasteiger partial charge in [0.1, 0.15) is 5.82 Å². The number of benzene rings is 1. The summed E-state index contributed by atoms with van der Waals surface area (Å²) in [4.78, 5) is 14.8. The van der Waals surface area contributed by atoms with E-state index in [1.807, 2.05) is 6.20 Å². The van der Waals surface area contributed by atoms with Crippen LogP contribution in [0.3, 0.4) is 0 Å². The molecule has 5 heteroatoms. The number of halogens is 1. The lowest BCUT2D eigenvalue weighted by molar-refractivity contribution is 0.361. The average molecular weight is 261 g/mol. The third-order valence-corrected chi connectivity index (χ3v) is 3.60. The van der Waals surface area contributed by atoms with Crippen molar-refractivity contribution in [2.75, 3.05) is 13.1 Å². The first-order valence-electron chi connectivity index (χ1n) is 6.52. The molecule has 0 saturated carbocycles. The molecule has 2 aromatic rings. The zero-order chi connectivity index (χ0) is 13.2. The van der Waals surface area contributed by atoms with Gasteiger partial charge in [0.25, 0.3) is 0 Å². The highest BCUT2D eigenvalue weighted by Crippen LogP contribution is 2.21. The Labute approximate surface area is 110 Å². The van der Waals surface area contributed by atoms with Crippen LogP contribution >= 0.6 is 0 Å². The molecule has 2 N–H and O–H groups in total. The smallest absolute Gasteiger partial charge is 0.317 e. The molecule has 1 saturated heterocycles. The molecule has 2 heterocycles. The number of H-pyrrole nitrogens is 1. The van der Waals surface area contributed by atoms with E-state index in [0.29, 0.717) is 0 Å². The molecule has 1 aliphatic heterocycles. The molecule has 0 spiro atoms. The van der Waals surface area contributed by atoms with Crippen molar-refractivity contribution in [3.8, 4) is 11.3 Å². The van der Waals surface area contributed by atoms with Gasteiger partial charge in [-0.1, -0.05) is 0 Å². The van der Waals surface area contributed by atoms with Gasteiger partial charge in [-0.05, 0) is 55.8 Å². The highest BCUT2D eigenvalue weighted by molar-refractivity contribution is 5.57. The Hall–Kier alpha value is -1.88. The molecule has 0 unspecified atom stereocenters. The molecule has 0 bridgehead atoms. The lowest BCUT2D eigenvalue weighted by Crippen LogP contribution is -2.32. The standard InChI is InChI=1S/C14H16FN3O/c15-11-3-1-10(2-4-11)13-9-18(14(19)17-13)12-5-7-16-8-6-12/h1-4,9,12,16H,5-8H2,(H,17,19). The van der Waals surface area contributed by atoms with Crippen LogP contribution in [0.1, 0.15) is 18.9 Å². The third-order valence-electron chi connectivity index (χ3n) is 3.60. The Bertz CT molecular complexity index is 608. The maximum atomic E-state index is 12.9. The fourth-order valence-corrected chi connectivity index (χ4v) is 2.54. The van der Waals surface area contributed by atoms with E-state index in [1.54, 1.807) is 16.7 Å². The van der Waals surface area contributed by atoms with Crippen molar-refractivity contribution >= 4 is 0 Å². The predicted molar refractivity (Wildman–Crippen MR) is 71.6 cm³/mol. The van der Waals surface area contributed by atoms with Gasteiger partial charge in [-0.2, -0.15) is 0 Å². The van der Waals surface area contributed by atoms with E-state index < -0.39 is 0 Å². The maximum absolute atomic E-state index is 12.9. The molecule has 1 aliphatic rings. The van der Waals surface area contributed by atoms with Crippen molar-refractivity contribution in [1.29, 1.82) is 0 Å². The number of nitrogens with zero attached hydrogens (tertiary/aromatic N) is 1. The number of imidazole rings is 1. The number of rotatable bonds is 2. The summed E-state index contributed by atoms with van der Waals surface area (Å²) in [6, 6.07) is 6.39. The molecule has 19 heavy (non-hydrogen) atoms. The Kier molecular flexibility index (Phi) is 3.21. The molecule has 4 nitrogen and oxygen atoms in total. The normalized spacial score (nSPS) is 16.7. The zero-order valence-corrected chi connectivity index (χ0v) is 10.5. The van der Waals surface area contributed by atoms with Crippen LogP contribution in [0.5, 0.6) is 0 Å². The second-order valence-electron chi connectivity index (χ2n) is 4.87. The van der Waals surface area contributed by atoms with Crippen molar-refractivity contribution in [3.05, 3.63) is 46.8 Å². The van der Waals surface area contributed by atoms with Crippen molar-refractivity contribution in [1.82, 2.24) is 14.9 Å². The quantitative estimate of drug-likeness (QED) is 0.867. The molecule has 100 valence electrons. The van der Waals surface area contributed by atoms with Crippen LogP contribution < -0.4 is 11.0 Å². The summed E-state index contributed by atoms with van der Waals surface area (Å²) in [5, 5.41) is 3.28. The molecular formula is C14H16FN3O. The predicted octanol–water partition coefficient (Wildman–Crippen LogP) is 1.91. The first kappa shape index (κ1) is 12.2. The number of hydrogen-bond donors (Lipinski definition) is 2. The Morgan fingerprint density at radius 2 is 1.84 bits per heavy atom. The van der Waals surface area contributed by atoms with Crippen LogP contribution in [0.25, 0.3) is 11.3 Å². The van der Waals surface area contributed by atoms with Gasteiger partial charge in [0.05, 0.1) is 5.69 Å². The van der Waals surface area contributed by atoms with Gasteiger partial charge in [-0.3, -0.25) is 4.57 Å². The molecule has 0 amide bonds. The monoisotopic (exact) mass is 261 g/mol. The number of aromatic amines is 1. The molecule has 1 aromatic carbocycles. The SMILES string of the molecule is O=c1[nH]c(-c2ccc(F)cc2)cn1C1CCNCC1. The Morgan fingerprint density at radius 3 is 2.53 bits per heavy atom. The molecule has 0 radical (unpaired) electrons. The summed E-state index contributed by atoms with van der Waals surface area (Å²) in [7, 11) is 0. The van der Waals surface area contributed by atoms with E-state index in [-0.39, 0.29) is 17.5 Å². The molecular weight excluding hydrogens is 245 g/mol. The summed E-state index contributed by atoms with van der Waals surface area (Å²) in [6.45, 7) is 1.88. The minimum Gasteiger partial charge on any atom is -0.317 e. The second-order valence-corrected chi connectivity index (χ2v) is 4.87. The number of hydrogen-bond acceptors (Lipinski definition) is 2. The van der Waals surface area contributed by atoms with Gasteiger partial charge in [0.15, 0.2) is 0 Å². The highest BCUT2D eigenvalue weighted by Gasteiger charge is 2.17. The minimum absolute atomic E-state index is 0.0915. The van der Waals surface area contributed by atoms with Crippen LogP contribution in [-0.2, 0) is 0 Å². The minimum atomic E-state index is -0.274. The van der Waals surface area contributed by atoms with E-state index in [1.165, 1.54) is 12.1 Å². The highest BCUT2D eigenvalue weighted by atomic mass is 19.1. The van der Waals surface area contributed by atoms with Gasteiger partial charge in [0, 0.05) is 12.2 Å². The van der Waals surface area contributed by atoms with E-state index in [2.05, 4.69) is 10.3 Å². The van der Waals surface area contributed by atoms with E-state index in [9.17, 15) is 9.18 Å². The summed E-state index contributed by atoms with van der Waals surface area (Å²) in [6.07, 6.45) is 3.76. The van der Waals surface area contributed by atoms with Gasteiger partial charge in [0.2, 0.25) is 0 Å². The molecule has 0 aliphatic carbocycles. The van der Waals surface area contributed by atoms with Crippen LogP contribution in [0.2, 0.25) is 0 Å². The van der Waals surface area contributed by atoms with Crippen LogP contribution in [0, 0.1) is 5.82 Å². The van der Waals surface area contributed by atoms with Crippen molar-refractivity contribution in [2.24, 2.45) is 0 Å². The Balaban J connectivity index is 1.92. The summed E-state index contributed by atoms with van der Waals surface area (Å²) in [5.41, 5.74) is 1.47. The van der Waals surface area contributed by atoms with Crippen LogP contribution in [0.15, 0.2) is 35.3 Å². The third kappa shape index (κ3) is 2.46. The van der Waals surface area contributed by atoms with Crippen molar-refractivity contribution < 1.29 is 4.39 Å². The summed E-state index contributed by atoms with van der Waals surface area (Å²) in [5.74, 6) is -0.274. The molecule has 1 fully saturated rings. The van der Waals surface area contributed by atoms with E-state index in [0.717, 1.165) is 37.2 Å². The number of nitrogens with one attached hydrogen (secondary N) is 2. The first-order valence-corrected chi connectivity index (χ1v) is 6.52. The van der Waals surface area contributed by atoms with E-state index >= 15 is 0 Å². The van der Waals surface area contributed by atoms with Crippen molar-refractivity contribution in [2.45, 2.75) is 18.9 Å². The summed E-state index contributed by atoms with van der Waals surface area (Å²) >= 11 is 0. The maximum Gasteiger partial charge on any atom is 0.326 e. The van der Waals surface area contributed by atoms with E-state index in [4.69, 9.17) is 0 Å². The topological polar surface area (TPSA) is 49.8 Å². The second kappa shape index (κ2) is 5.01. The number of aromatic nitrogens is 2.